The van der Waals surface area contributed by atoms with Crippen molar-refractivity contribution in [2.75, 3.05) is 13.2 Å². The van der Waals surface area contributed by atoms with Gasteiger partial charge in [-0.3, -0.25) is 0 Å². The fraction of sp³-hybridized carbons (Fsp3) is 0.250. The molecule has 0 aliphatic carbocycles. The van der Waals surface area contributed by atoms with Crippen LogP contribution in [0.3, 0.4) is 0 Å². The van der Waals surface area contributed by atoms with E-state index in [0.717, 1.165) is 10.9 Å². The predicted molar refractivity (Wildman–Crippen MR) is 69.0 cm³/mol. The number of hydrogen-bond acceptors (Lipinski definition) is 4. The molecule has 0 fully saturated rings. The zero-order chi connectivity index (χ0) is 11.5. The zero-order valence-electron chi connectivity index (χ0n) is 9.43. The number of rotatable bonds is 3. The second kappa shape index (κ2) is 5.70. The largest absolute Gasteiger partial charge is 0.492 e. The molecular weight excluding hydrogens is 242 g/mol. The minimum absolute atomic E-state index is 0. The lowest BCUT2D eigenvalue weighted by atomic mass is 10.1. The molecule has 0 amide bonds. The van der Waals surface area contributed by atoms with Crippen molar-refractivity contribution in [3.05, 3.63) is 40.2 Å². The number of aryl methyl sites for hydroxylation is 1. The topological polar surface area (TPSA) is 65.5 Å². The quantitative estimate of drug-likeness (QED) is 0.851. The third-order valence-electron chi connectivity index (χ3n) is 2.31. The maximum absolute atomic E-state index is 11.2. The molecule has 0 saturated heterocycles. The van der Waals surface area contributed by atoms with Crippen LogP contribution in [0.2, 0.25) is 0 Å². The first kappa shape index (κ1) is 13.5. The standard InChI is InChI=1S/C12H13NO3.ClH/c1-8-6-12(14)16-11-7-9(15-5-4-13)2-3-10(8)11;/h2-3,6-7H,4-5,13H2,1H3;1H. The van der Waals surface area contributed by atoms with Crippen molar-refractivity contribution in [1.29, 1.82) is 0 Å². The van der Waals surface area contributed by atoms with Crippen molar-refractivity contribution in [2.45, 2.75) is 6.92 Å². The van der Waals surface area contributed by atoms with E-state index < -0.39 is 0 Å². The van der Waals surface area contributed by atoms with Gasteiger partial charge in [0, 0.05) is 24.1 Å². The van der Waals surface area contributed by atoms with Crippen LogP contribution in [-0.4, -0.2) is 13.2 Å². The van der Waals surface area contributed by atoms with Gasteiger partial charge in [-0.25, -0.2) is 4.79 Å². The van der Waals surface area contributed by atoms with Crippen LogP contribution in [0.25, 0.3) is 11.0 Å². The van der Waals surface area contributed by atoms with Gasteiger partial charge in [-0.05, 0) is 24.6 Å². The minimum atomic E-state index is -0.346. The number of nitrogens with two attached hydrogens (primary N) is 1. The third-order valence-corrected chi connectivity index (χ3v) is 2.31. The number of ether oxygens (including phenoxy) is 1. The molecule has 1 aromatic carbocycles. The Kier molecular flexibility index (Phi) is 4.54. The number of benzene rings is 1. The molecule has 0 aliphatic heterocycles. The summed E-state index contributed by atoms with van der Waals surface area (Å²) >= 11 is 0. The number of halogens is 1. The Bertz CT molecular complexity index is 565. The highest BCUT2D eigenvalue weighted by atomic mass is 35.5. The van der Waals surface area contributed by atoms with Crippen LogP contribution in [-0.2, 0) is 0 Å². The molecule has 2 N–H and O–H groups in total. The average Bonchev–Trinajstić information content (AvgIpc) is 2.25. The first-order valence-electron chi connectivity index (χ1n) is 5.08. The van der Waals surface area contributed by atoms with Crippen LogP contribution in [0.5, 0.6) is 5.75 Å². The van der Waals surface area contributed by atoms with E-state index in [1.165, 1.54) is 6.07 Å². The van der Waals surface area contributed by atoms with Crippen LogP contribution < -0.4 is 16.1 Å². The number of fused-ring (bicyclic) bond motifs is 1. The lowest BCUT2D eigenvalue weighted by Gasteiger charge is -2.05. The zero-order valence-corrected chi connectivity index (χ0v) is 10.3. The summed E-state index contributed by atoms with van der Waals surface area (Å²) in [5, 5.41) is 0.916. The van der Waals surface area contributed by atoms with Crippen molar-refractivity contribution in [3.8, 4) is 5.75 Å². The second-order valence-electron chi connectivity index (χ2n) is 3.54. The molecule has 0 radical (unpaired) electrons. The summed E-state index contributed by atoms with van der Waals surface area (Å²) in [5.41, 5.74) is 6.43. The van der Waals surface area contributed by atoms with Gasteiger partial charge in [-0.2, -0.15) is 0 Å². The van der Waals surface area contributed by atoms with Crippen LogP contribution >= 0.6 is 12.4 Å². The van der Waals surface area contributed by atoms with Crippen LogP contribution in [0, 0.1) is 6.92 Å². The molecule has 1 aromatic heterocycles. The van der Waals surface area contributed by atoms with Crippen LogP contribution in [0.15, 0.2) is 33.5 Å². The van der Waals surface area contributed by atoms with Gasteiger partial charge < -0.3 is 14.9 Å². The van der Waals surface area contributed by atoms with E-state index >= 15 is 0 Å². The Balaban J connectivity index is 0.00000144. The van der Waals surface area contributed by atoms with E-state index in [1.807, 2.05) is 19.1 Å². The molecule has 0 spiro atoms. The SMILES string of the molecule is Cc1cc(=O)oc2cc(OCCN)ccc12.Cl. The highest BCUT2D eigenvalue weighted by Crippen LogP contribution is 2.21. The van der Waals surface area contributed by atoms with Gasteiger partial charge in [0.05, 0.1) is 0 Å². The Morgan fingerprint density at radius 2 is 2.12 bits per heavy atom. The van der Waals surface area contributed by atoms with E-state index in [9.17, 15) is 4.79 Å². The van der Waals surface area contributed by atoms with Gasteiger partial charge in [0.25, 0.3) is 0 Å². The van der Waals surface area contributed by atoms with Crippen molar-refractivity contribution in [1.82, 2.24) is 0 Å². The van der Waals surface area contributed by atoms with Crippen molar-refractivity contribution in [2.24, 2.45) is 5.73 Å². The molecule has 2 rings (SSSR count). The van der Waals surface area contributed by atoms with E-state index in [0.29, 0.717) is 24.5 Å². The summed E-state index contributed by atoms with van der Waals surface area (Å²) in [5.74, 6) is 0.659. The van der Waals surface area contributed by atoms with Gasteiger partial charge in [-0.1, -0.05) is 0 Å². The van der Waals surface area contributed by atoms with Crippen molar-refractivity contribution in [3.63, 3.8) is 0 Å². The first-order valence-corrected chi connectivity index (χ1v) is 5.08. The molecule has 92 valence electrons. The van der Waals surface area contributed by atoms with Crippen molar-refractivity contribution < 1.29 is 9.15 Å². The fourth-order valence-corrected chi connectivity index (χ4v) is 1.57. The smallest absolute Gasteiger partial charge is 0.336 e. The fourth-order valence-electron chi connectivity index (χ4n) is 1.57. The average molecular weight is 256 g/mol. The highest BCUT2D eigenvalue weighted by molar-refractivity contribution is 5.85. The third kappa shape index (κ3) is 2.99. The molecule has 0 unspecified atom stereocenters. The van der Waals surface area contributed by atoms with Crippen LogP contribution in [0.1, 0.15) is 5.56 Å². The van der Waals surface area contributed by atoms with Gasteiger partial charge in [0.1, 0.15) is 17.9 Å². The summed E-state index contributed by atoms with van der Waals surface area (Å²) in [6.07, 6.45) is 0. The molecule has 17 heavy (non-hydrogen) atoms. The maximum atomic E-state index is 11.2. The summed E-state index contributed by atoms with van der Waals surface area (Å²) in [4.78, 5) is 11.2. The lowest BCUT2D eigenvalue weighted by Crippen LogP contribution is -2.10. The molecule has 2 aromatic rings. The molecule has 0 bridgehead atoms. The highest BCUT2D eigenvalue weighted by Gasteiger charge is 2.03. The first-order chi connectivity index (χ1) is 7.70. The van der Waals surface area contributed by atoms with E-state index in [2.05, 4.69) is 0 Å². The van der Waals surface area contributed by atoms with Gasteiger partial charge in [0.15, 0.2) is 0 Å². The van der Waals surface area contributed by atoms with E-state index in [4.69, 9.17) is 14.9 Å². The summed E-state index contributed by atoms with van der Waals surface area (Å²) in [7, 11) is 0. The Morgan fingerprint density at radius 1 is 1.35 bits per heavy atom. The molecule has 4 nitrogen and oxygen atoms in total. The van der Waals surface area contributed by atoms with Gasteiger partial charge in [-0.15, -0.1) is 12.4 Å². The normalized spacial score (nSPS) is 10.0. The Labute approximate surface area is 105 Å². The predicted octanol–water partition coefficient (Wildman–Crippen LogP) is 1.86. The second-order valence-corrected chi connectivity index (χ2v) is 3.54. The minimum Gasteiger partial charge on any atom is -0.492 e. The molecule has 5 heteroatoms. The summed E-state index contributed by atoms with van der Waals surface area (Å²) < 4.78 is 10.5. The molecule has 0 aliphatic rings. The Morgan fingerprint density at radius 3 is 2.82 bits per heavy atom. The van der Waals surface area contributed by atoms with E-state index in [-0.39, 0.29) is 18.0 Å². The summed E-state index contributed by atoms with van der Waals surface area (Å²) in [6.45, 7) is 2.77. The molecule has 1 heterocycles. The van der Waals surface area contributed by atoms with Gasteiger partial charge in [0.2, 0.25) is 0 Å². The Hall–Kier alpha value is -1.52. The van der Waals surface area contributed by atoms with Crippen LogP contribution in [0.4, 0.5) is 0 Å². The molecule has 0 atom stereocenters. The van der Waals surface area contributed by atoms with E-state index in [1.54, 1.807) is 6.07 Å². The van der Waals surface area contributed by atoms with Crippen molar-refractivity contribution >= 4 is 23.4 Å². The maximum Gasteiger partial charge on any atom is 0.336 e. The summed E-state index contributed by atoms with van der Waals surface area (Å²) in [6, 6.07) is 6.90. The lowest BCUT2D eigenvalue weighted by molar-refractivity contribution is 0.328. The number of hydrogen-bond donors (Lipinski definition) is 1. The molecule has 0 saturated carbocycles. The molecular formula is C12H14ClNO3. The monoisotopic (exact) mass is 255 g/mol. The van der Waals surface area contributed by atoms with Gasteiger partial charge >= 0.3 is 5.63 Å².